The van der Waals surface area contributed by atoms with Crippen LogP contribution in [0.15, 0.2) is 42.5 Å². The lowest BCUT2D eigenvalue weighted by atomic mass is 10.1. The fourth-order valence-corrected chi connectivity index (χ4v) is 4.06. The van der Waals surface area contributed by atoms with Gasteiger partial charge in [0.05, 0.1) is 5.02 Å². The molecule has 0 aliphatic heterocycles. The molecule has 0 spiro atoms. The number of fused-ring (bicyclic) bond motifs is 1. The molecule has 27 heavy (non-hydrogen) atoms. The van der Waals surface area contributed by atoms with Crippen LogP contribution in [-0.4, -0.2) is 17.9 Å². The fourth-order valence-electron chi connectivity index (χ4n) is 2.65. The predicted molar refractivity (Wildman–Crippen MR) is 108 cm³/mol. The van der Waals surface area contributed by atoms with Gasteiger partial charge in [-0.05, 0) is 38.0 Å². The fraction of sp³-hybridized carbons (Fsp3) is 0.200. The molecule has 1 atom stereocenters. The Labute approximate surface area is 166 Å². The van der Waals surface area contributed by atoms with Gasteiger partial charge in [0.1, 0.15) is 10.6 Å². The molecule has 0 saturated carbocycles. The van der Waals surface area contributed by atoms with Gasteiger partial charge in [-0.2, -0.15) is 0 Å². The molecule has 1 aromatic heterocycles. The number of rotatable bonds is 4. The number of nitrogens with one attached hydrogen (secondary N) is 2. The Bertz CT molecular complexity index is 995. The van der Waals surface area contributed by atoms with Gasteiger partial charge in [0, 0.05) is 10.1 Å². The van der Waals surface area contributed by atoms with Gasteiger partial charge in [-0.15, -0.1) is 11.3 Å². The lowest BCUT2D eigenvalue weighted by Crippen LogP contribution is -2.47. The molecule has 2 N–H and O–H groups in total. The maximum absolute atomic E-state index is 12.4. The molecule has 3 aromatic rings. The number of para-hydroxylation sites is 1. The van der Waals surface area contributed by atoms with Gasteiger partial charge in [0.25, 0.3) is 11.8 Å². The van der Waals surface area contributed by atoms with Crippen LogP contribution in [0, 0.1) is 13.8 Å². The van der Waals surface area contributed by atoms with Crippen molar-refractivity contribution in [3.05, 3.63) is 63.5 Å². The van der Waals surface area contributed by atoms with E-state index in [0.717, 1.165) is 21.2 Å². The third-order valence-electron chi connectivity index (χ3n) is 4.11. The van der Waals surface area contributed by atoms with E-state index in [0.29, 0.717) is 15.6 Å². The quantitative estimate of drug-likeness (QED) is 0.635. The van der Waals surface area contributed by atoms with E-state index >= 15 is 0 Å². The molecule has 0 saturated heterocycles. The van der Waals surface area contributed by atoms with E-state index < -0.39 is 17.9 Å². The number of halogens is 1. The van der Waals surface area contributed by atoms with Crippen molar-refractivity contribution in [1.82, 2.24) is 10.9 Å². The molecule has 1 heterocycles. The minimum atomic E-state index is -0.775. The first-order chi connectivity index (χ1) is 12.9. The van der Waals surface area contributed by atoms with Crippen LogP contribution < -0.4 is 15.6 Å². The van der Waals surface area contributed by atoms with Crippen molar-refractivity contribution in [2.45, 2.75) is 26.9 Å². The van der Waals surface area contributed by atoms with Gasteiger partial charge in [-0.1, -0.05) is 48.0 Å². The van der Waals surface area contributed by atoms with Gasteiger partial charge in [0.2, 0.25) is 0 Å². The van der Waals surface area contributed by atoms with Crippen molar-refractivity contribution in [3.63, 3.8) is 0 Å². The molecule has 5 nitrogen and oxygen atoms in total. The molecule has 0 aliphatic carbocycles. The molecule has 7 heteroatoms. The number of hydrazine groups is 1. The van der Waals surface area contributed by atoms with Crippen LogP contribution in [-0.2, 0) is 4.79 Å². The summed E-state index contributed by atoms with van der Waals surface area (Å²) in [5.74, 6) is -0.254. The Kier molecular flexibility index (Phi) is 5.68. The van der Waals surface area contributed by atoms with Gasteiger partial charge in [-0.25, -0.2) is 0 Å². The topological polar surface area (TPSA) is 67.4 Å². The number of carbonyl (C=O) groups is 2. The Balaban J connectivity index is 1.64. The second-order valence-electron chi connectivity index (χ2n) is 6.17. The zero-order chi connectivity index (χ0) is 19.6. The molecule has 2 amide bonds. The molecule has 140 valence electrons. The van der Waals surface area contributed by atoms with Crippen molar-refractivity contribution in [2.24, 2.45) is 0 Å². The number of amides is 2. The van der Waals surface area contributed by atoms with Crippen LogP contribution in [0.4, 0.5) is 0 Å². The molecule has 3 rings (SSSR count). The van der Waals surface area contributed by atoms with Crippen molar-refractivity contribution in [2.75, 3.05) is 0 Å². The van der Waals surface area contributed by atoms with Gasteiger partial charge in [0.15, 0.2) is 6.10 Å². The van der Waals surface area contributed by atoms with E-state index in [-0.39, 0.29) is 0 Å². The van der Waals surface area contributed by atoms with E-state index in [1.54, 1.807) is 6.92 Å². The third-order valence-corrected chi connectivity index (χ3v) is 5.79. The van der Waals surface area contributed by atoms with Crippen molar-refractivity contribution in [1.29, 1.82) is 0 Å². The van der Waals surface area contributed by atoms with Gasteiger partial charge >= 0.3 is 0 Å². The highest BCUT2D eigenvalue weighted by Gasteiger charge is 2.20. The molecule has 0 radical (unpaired) electrons. The summed E-state index contributed by atoms with van der Waals surface area (Å²) < 4.78 is 6.67. The summed E-state index contributed by atoms with van der Waals surface area (Å²) in [5.41, 5.74) is 6.68. The number of carbonyl (C=O) groups excluding carboxylic acids is 2. The highest BCUT2D eigenvalue weighted by atomic mass is 35.5. The number of ether oxygens (including phenoxy) is 1. The molecular weight excluding hydrogens is 384 g/mol. The summed E-state index contributed by atoms with van der Waals surface area (Å²) in [6.45, 7) is 5.45. The van der Waals surface area contributed by atoms with E-state index in [9.17, 15) is 9.59 Å². The second kappa shape index (κ2) is 7.98. The van der Waals surface area contributed by atoms with Crippen molar-refractivity contribution >= 4 is 44.8 Å². The summed E-state index contributed by atoms with van der Waals surface area (Å²) in [6.07, 6.45) is -0.775. The van der Waals surface area contributed by atoms with E-state index in [2.05, 4.69) is 10.9 Å². The second-order valence-corrected chi connectivity index (χ2v) is 7.60. The largest absolute Gasteiger partial charge is 0.480 e. The number of aryl methyl sites for hydroxylation is 2. The van der Waals surface area contributed by atoms with Crippen LogP contribution in [0.2, 0.25) is 5.02 Å². The van der Waals surface area contributed by atoms with Gasteiger partial charge < -0.3 is 4.74 Å². The first-order valence-corrected chi connectivity index (χ1v) is 9.58. The summed E-state index contributed by atoms with van der Waals surface area (Å²) in [6, 6.07) is 13.2. The maximum atomic E-state index is 12.4. The molecule has 2 aromatic carbocycles. The molecule has 0 bridgehead atoms. The number of hydrogen-bond donors (Lipinski definition) is 2. The number of benzene rings is 2. The zero-order valence-corrected chi connectivity index (χ0v) is 16.7. The Morgan fingerprint density at radius 3 is 2.37 bits per heavy atom. The standard InChI is InChI=1S/C20H19ClN2O3S/c1-11-7-6-8-12(2)17(11)26-13(3)19(24)22-23-20(25)18-16(21)14-9-4-5-10-15(14)27-18/h4-10,13H,1-3H3,(H,22,24)(H,23,25)/t13-/m1/s1. The molecular formula is C20H19ClN2O3S. The Hall–Kier alpha value is -2.57. The van der Waals surface area contributed by atoms with E-state index in [1.165, 1.54) is 11.3 Å². The minimum absolute atomic E-state index is 0.349. The SMILES string of the molecule is Cc1cccc(C)c1O[C@H](C)C(=O)NNC(=O)c1sc2ccccc2c1Cl. The van der Waals surface area contributed by atoms with Crippen LogP contribution >= 0.6 is 22.9 Å². The first kappa shape index (κ1) is 19.2. The average Bonchev–Trinajstić information content (AvgIpc) is 2.99. The molecule has 0 aliphatic rings. The smallest absolute Gasteiger partial charge is 0.281 e. The van der Waals surface area contributed by atoms with Crippen LogP contribution in [0.5, 0.6) is 5.75 Å². The molecule has 0 fully saturated rings. The average molecular weight is 403 g/mol. The summed E-state index contributed by atoms with van der Waals surface area (Å²) in [5, 5.41) is 1.19. The zero-order valence-electron chi connectivity index (χ0n) is 15.1. The summed E-state index contributed by atoms with van der Waals surface area (Å²) >= 11 is 7.56. The Morgan fingerprint density at radius 1 is 1.04 bits per heavy atom. The molecule has 0 unspecified atom stereocenters. The summed E-state index contributed by atoms with van der Waals surface area (Å²) in [7, 11) is 0. The minimum Gasteiger partial charge on any atom is -0.480 e. The highest BCUT2D eigenvalue weighted by Crippen LogP contribution is 2.34. The lowest BCUT2D eigenvalue weighted by molar-refractivity contribution is -0.128. The lowest BCUT2D eigenvalue weighted by Gasteiger charge is -2.18. The Morgan fingerprint density at radius 2 is 1.70 bits per heavy atom. The highest BCUT2D eigenvalue weighted by molar-refractivity contribution is 7.21. The van der Waals surface area contributed by atoms with E-state index in [1.807, 2.05) is 56.3 Å². The number of hydrogen-bond acceptors (Lipinski definition) is 4. The van der Waals surface area contributed by atoms with E-state index in [4.69, 9.17) is 16.3 Å². The summed E-state index contributed by atoms with van der Waals surface area (Å²) in [4.78, 5) is 25.0. The number of thiophene rings is 1. The van der Waals surface area contributed by atoms with Gasteiger partial charge in [-0.3, -0.25) is 20.4 Å². The normalized spacial score (nSPS) is 11.9. The monoisotopic (exact) mass is 402 g/mol. The third kappa shape index (κ3) is 4.07. The van der Waals surface area contributed by atoms with Crippen LogP contribution in [0.3, 0.4) is 0 Å². The van der Waals surface area contributed by atoms with Crippen LogP contribution in [0.1, 0.15) is 27.7 Å². The van der Waals surface area contributed by atoms with Crippen LogP contribution in [0.25, 0.3) is 10.1 Å². The van der Waals surface area contributed by atoms with Crippen molar-refractivity contribution < 1.29 is 14.3 Å². The predicted octanol–water partition coefficient (Wildman–Crippen LogP) is 4.40. The van der Waals surface area contributed by atoms with Crippen molar-refractivity contribution in [3.8, 4) is 5.75 Å². The first-order valence-electron chi connectivity index (χ1n) is 8.38. The maximum Gasteiger partial charge on any atom is 0.281 e.